The number of methoxy groups -OCH3 is 1. The molecule has 3 rings (SSSR count). The van der Waals surface area contributed by atoms with E-state index in [1.165, 1.54) is 0 Å². The van der Waals surface area contributed by atoms with E-state index in [1.54, 1.807) is 13.2 Å². The van der Waals surface area contributed by atoms with Gasteiger partial charge in [-0.05, 0) is 70.4 Å². The van der Waals surface area contributed by atoms with Crippen molar-refractivity contribution < 1.29 is 9.47 Å². The average molecular weight is 530 g/mol. The van der Waals surface area contributed by atoms with Gasteiger partial charge >= 0.3 is 0 Å². The molecule has 3 aromatic carbocycles. The van der Waals surface area contributed by atoms with Crippen LogP contribution in [-0.4, -0.2) is 13.7 Å². The Bertz CT molecular complexity index is 1010. The molecule has 30 heavy (non-hydrogen) atoms. The fraction of sp³-hybridized carbons (Fsp3) is 0.217. The number of rotatable bonds is 9. The molecule has 0 atom stereocenters. The van der Waals surface area contributed by atoms with E-state index in [0.717, 1.165) is 34.1 Å². The first-order chi connectivity index (χ1) is 14.5. The lowest BCUT2D eigenvalue weighted by Crippen LogP contribution is -2.17. The maximum absolute atomic E-state index is 6.23. The number of nitrogens with one attached hydrogen (secondary N) is 1. The normalized spacial score (nSPS) is 10.8. The monoisotopic (exact) mass is 527 g/mol. The van der Waals surface area contributed by atoms with E-state index in [4.69, 9.17) is 44.3 Å². The molecule has 0 spiro atoms. The van der Waals surface area contributed by atoms with E-state index < -0.39 is 0 Å². The zero-order valence-electron chi connectivity index (χ0n) is 16.4. The predicted molar refractivity (Wildman–Crippen MR) is 128 cm³/mol. The summed E-state index contributed by atoms with van der Waals surface area (Å²) < 4.78 is 12.4. The topological polar surface area (TPSA) is 30.5 Å². The number of benzene rings is 3. The second kappa shape index (κ2) is 11.3. The number of hydrogen-bond donors (Lipinski definition) is 1. The quantitative estimate of drug-likeness (QED) is 0.295. The number of halogens is 4. The molecule has 0 aliphatic carbocycles. The molecule has 0 saturated heterocycles. The average Bonchev–Trinajstić information content (AvgIpc) is 2.72. The second-order valence-corrected chi connectivity index (χ2v) is 8.76. The van der Waals surface area contributed by atoms with Crippen LogP contribution in [0.4, 0.5) is 0 Å². The highest BCUT2D eigenvalue weighted by atomic mass is 79.9. The second-order valence-electron chi connectivity index (χ2n) is 6.65. The molecule has 0 amide bonds. The molecule has 0 heterocycles. The zero-order chi connectivity index (χ0) is 21.5. The Kier molecular flexibility index (Phi) is 8.72. The van der Waals surface area contributed by atoms with Gasteiger partial charge in [0, 0.05) is 27.2 Å². The first-order valence-corrected chi connectivity index (χ1v) is 11.3. The molecule has 1 N–H and O–H groups in total. The van der Waals surface area contributed by atoms with Crippen molar-refractivity contribution in [1.82, 2.24) is 5.32 Å². The van der Waals surface area contributed by atoms with Crippen molar-refractivity contribution >= 4 is 50.7 Å². The van der Waals surface area contributed by atoms with E-state index in [0.29, 0.717) is 39.7 Å². The summed E-state index contributed by atoms with van der Waals surface area (Å²) >= 11 is 22.0. The van der Waals surface area contributed by atoms with Crippen molar-refractivity contribution in [2.45, 2.75) is 19.6 Å². The number of hydrogen-bond acceptors (Lipinski definition) is 3. The summed E-state index contributed by atoms with van der Waals surface area (Å²) in [5.74, 6) is 1.31. The van der Waals surface area contributed by atoms with Crippen molar-refractivity contribution in [3.63, 3.8) is 0 Å². The summed E-state index contributed by atoms with van der Waals surface area (Å²) in [6.07, 6.45) is 0.813. The van der Waals surface area contributed by atoms with Gasteiger partial charge in [0.15, 0.2) is 11.5 Å². The summed E-state index contributed by atoms with van der Waals surface area (Å²) in [6, 6.07) is 17.2. The molecule has 0 aliphatic rings. The van der Waals surface area contributed by atoms with Gasteiger partial charge in [0.25, 0.3) is 0 Å². The molecular formula is C23H21BrCl3NO2. The van der Waals surface area contributed by atoms with Crippen LogP contribution < -0.4 is 14.8 Å². The smallest absolute Gasteiger partial charge is 0.175 e. The highest BCUT2D eigenvalue weighted by Gasteiger charge is 2.13. The minimum atomic E-state index is 0.355. The molecule has 3 aromatic rings. The summed E-state index contributed by atoms with van der Waals surface area (Å²) in [7, 11) is 1.63. The zero-order valence-corrected chi connectivity index (χ0v) is 20.2. The van der Waals surface area contributed by atoms with E-state index >= 15 is 0 Å². The fourth-order valence-electron chi connectivity index (χ4n) is 2.96. The third-order valence-electron chi connectivity index (χ3n) is 4.53. The van der Waals surface area contributed by atoms with Crippen molar-refractivity contribution in [2.24, 2.45) is 0 Å². The predicted octanol–water partition coefficient (Wildman–Crippen LogP) is 7.33. The molecule has 0 aliphatic heterocycles. The Morgan fingerprint density at radius 3 is 2.47 bits per heavy atom. The van der Waals surface area contributed by atoms with Gasteiger partial charge in [0.2, 0.25) is 0 Å². The van der Waals surface area contributed by atoms with Gasteiger partial charge in [-0.1, -0.05) is 59.1 Å². The van der Waals surface area contributed by atoms with Crippen LogP contribution in [0.5, 0.6) is 11.5 Å². The Morgan fingerprint density at radius 1 is 0.933 bits per heavy atom. The Morgan fingerprint density at radius 2 is 1.73 bits per heavy atom. The molecule has 0 fully saturated rings. The molecule has 0 radical (unpaired) electrons. The lowest BCUT2D eigenvalue weighted by Gasteiger charge is -2.15. The first-order valence-electron chi connectivity index (χ1n) is 9.35. The van der Waals surface area contributed by atoms with Gasteiger partial charge in [0.1, 0.15) is 6.61 Å². The van der Waals surface area contributed by atoms with Gasteiger partial charge in [-0.2, -0.15) is 0 Å². The molecule has 0 unspecified atom stereocenters. The van der Waals surface area contributed by atoms with Crippen LogP contribution in [-0.2, 0) is 19.6 Å². The lowest BCUT2D eigenvalue weighted by atomic mass is 10.1. The van der Waals surface area contributed by atoms with Crippen molar-refractivity contribution in [1.29, 1.82) is 0 Å². The maximum Gasteiger partial charge on any atom is 0.175 e. The van der Waals surface area contributed by atoms with Gasteiger partial charge in [0.05, 0.1) is 11.6 Å². The van der Waals surface area contributed by atoms with E-state index in [-0.39, 0.29) is 0 Å². The minimum absolute atomic E-state index is 0.355. The lowest BCUT2D eigenvalue weighted by molar-refractivity contribution is 0.282. The SMILES string of the molecule is COc1cc(CNCCc2ccc(Cl)cc2Cl)cc(Br)c1OCc1ccccc1Cl. The Hall–Kier alpha value is -1.43. The van der Waals surface area contributed by atoms with Crippen LogP contribution in [0.2, 0.25) is 15.1 Å². The van der Waals surface area contributed by atoms with E-state index in [1.807, 2.05) is 48.5 Å². The summed E-state index contributed by atoms with van der Waals surface area (Å²) in [5, 5.41) is 5.44. The summed E-state index contributed by atoms with van der Waals surface area (Å²) in [5.41, 5.74) is 3.06. The largest absolute Gasteiger partial charge is 0.493 e. The molecule has 7 heteroatoms. The van der Waals surface area contributed by atoms with Crippen LogP contribution in [0.1, 0.15) is 16.7 Å². The van der Waals surface area contributed by atoms with Gasteiger partial charge < -0.3 is 14.8 Å². The van der Waals surface area contributed by atoms with Crippen LogP contribution in [0, 0.1) is 0 Å². The third kappa shape index (κ3) is 6.29. The Labute approximate surface area is 200 Å². The summed E-state index contributed by atoms with van der Waals surface area (Å²) in [6.45, 7) is 1.82. The molecule has 0 bridgehead atoms. The van der Waals surface area contributed by atoms with E-state index in [9.17, 15) is 0 Å². The van der Waals surface area contributed by atoms with Crippen LogP contribution in [0.25, 0.3) is 0 Å². The first kappa shape index (κ1) is 23.2. The van der Waals surface area contributed by atoms with Crippen molar-refractivity contribution in [2.75, 3.05) is 13.7 Å². The van der Waals surface area contributed by atoms with E-state index in [2.05, 4.69) is 21.2 Å². The number of ether oxygens (including phenoxy) is 2. The van der Waals surface area contributed by atoms with Gasteiger partial charge in [-0.3, -0.25) is 0 Å². The highest BCUT2D eigenvalue weighted by Crippen LogP contribution is 2.37. The fourth-order valence-corrected chi connectivity index (χ4v) is 4.26. The Balaban J connectivity index is 1.59. The molecule has 0 saturated carbocycles. The standard InChI is InChI=1S/C23H21BrCl3NO2/c1-29-22-11-15(13-28-9-8-16-6-7-18(25)12-21(16)27)10-19(24)23(22)30-14-17-4-2-3-5-20(17)26/h2-7,10-12,28H,8-9,13-14H2,1H3. The summed E-state index contributed by atoms with van der Waals surface area (Å²) in [4.78, 5) is 0. The molecule has 158 valence electrons. The molecule has 3 nitrogen and oxygen atoms in total. The molecule has 0 aromatic heterocycles. The van der Waals surface area contributed by atoms with Gasteiger partial charge in [-0.15, -0.1) is 0 Å². The van der Waals surface area contributed by atoms with Crippen molar-refractivity contribution in [3.8, 4) is 11.5 Å². The maximum atomic E-state index is 6.23. The van der Waals surface area contributed by atoms with Crippen LogP contribution in [0.15, 0.2) is 59.1 Å². The third-order valence-corrected chi connectivity index (χ3v) is 6.08. The van der Waals surface area contributed by atoms with Crippen LogP contribution in [0.3, 0.4) is 0 Å². The highest BCUT2D eigenvalue weighted by molar-refractivity contribution is 9.10. The van der Waals surface area contributed by atoms with Crippen molar-refractivity contribution in [3.05, 3.63) is 90.8 Å². The minimum Gasteiger partial charge on any atom is -0.493 e. The van der Waals surface area contributed by atoms with Gasteiger partial charge in [-0.25, -0.2) is 0 Å². The molecular weight excluding hydrogens is 509 g/mol. The van der Waals surface area contributed by atoms with Crippen LogP contribution >= 0.6 is 50.7 Å².